The zero-order chi connectivity index (χ0) is 23.5. The summed E-state index contributed by atoms with van der Waals surface area (Å²) < 4.78 is 10.9. The maximum absolute atomic E-state index is 5.51. The molecule has 1 aliphatic rings. The number of rotatable bonds is 8. The molecule has 2 heterocycles. The lowest BCUT2D eigenvalue weighted by Gasteiger charge is -2.26. The SMILES string of the molecule is CCOc1ccc(NC(=S)NC(=NCCCN2CCOCC2)Nc2nc(C)cc(C)n2)cc1. The third kappa shape index (κ3) is 8.91. The van der Waals surface area contributed by atoms with Crippen molar-refractivity contribution in [3.05, 3.63) is 41.7 Å². The predicted molar refractivity (Wildman–Crippen MR) is 136 cm³/mol. The van der Waals surface area contributed by atoms with Crippen LogP contribution in [0.3, 0.4) is 0 Å². The van der Waals surface area contributed by atoms with Crippen LogP contribution in [0.4, 0.5) is 11.6 Å². The Morgan fingerprint density at radius 2 is 1.82 bits per heavy atom. The number of anilines is 2. The van der Waals surface area contributed by atoms with Gasteiger partial charge in [-0.1, -0.05) is 0 Å². The summed E-state index contributed by atoms with van der Waals surface area (Å²) >= 11 is 5.51. The van der Waals surface area contributed by atoms with Crippen molar-refractivity contribution in [2.45, 2.75) is 27.2 Å². The standard InChI is InChI=1S/C23H33N7O2S/c1-4-32-20-8-6-19(7-9-20)27-23(33)29-21(28-22-25-17(2)16-18(3)26-22)24-10-5-11-30-12-14-31-15-13-30/h6-9,16H,4-5,10-15H2,1-3H3,(H3,24,25,26,27,28,29,33). The van der Waals surface area contributed by atoms with Gasteiger partial charge in [0.05, 0.1) is 19.8 Å². The molecule has 178 valence electrons. The second-order valence-corrected chi connectivity index (χ2v) is 8.08. The molecule has 33 heavy (non-hydrogen) atoms. The molecular weight excluding hydrogens is 438 g/mol. The topological polar surface area (TPSA) is 95.9 Å². The van der Waals surface area contributed by atoms with Gasteiger partial charge < -0.3 is 20.1 Å². The van der Waals surface area contributed by atoms with Gasteiger partial charge in [0.15, 0.2) is 5.11 Å². The van der Waals surface area contributed by atoms with Crippen LogP contribution >= 0.6 is 12.2 Å². The second-order valence-electron chi connectivity index (χ2n) is 7.67. The normalized spacial score (nSPS) is 14.6. The number of hydrogen-bond donors (Lipinski definition) is 3. The molecule has 1 aromatic heterocycles. The number of morpholine rings is 1. The number of aryl methyl sites for hydroxylation is 2. The van der Waals surface area contributed by atoms with Gasteiger partial charge in [-0.2, -0.15) is 0 Å². The van der Waals surface area contributed by atoms with Gasteiger partial charge in [-0.05, 0) is 69.7 Å². The van der Waals surface area contributed by atoms with Crippen molar-refractivity contribution in [2.75, 3.05) is 56.6 Å². The molecular formula is C23H33N7O2S. The molecule has 10 heteroatoms. The van der Waals surface area contributed by atoms with Crippen molar-refractivity contribution in [3.63, 3.8) is 0 Å². The van der Waals surface area contributed by atoms with E-state index in [1.165, 1.54) is 0 Å². The van der Waals surface area contributed by atoms with E-state index in [4.69, 9.17) is 26.7 Å². The minimum atomic E-state index is 0.419. The zero-order valence-corrected chi connectivity index (χ0v) is 20.4. The first-order chi connectivity index (χ1) is 16.0. The second kappa shape index (κ2) is 13.0. The van der Waals surface area contributed by atoms with Crippen molar-refractivity contribution >= 4 is 34.9 Å². The van der Waals surface area contributed by atoms with Gasteiger partial charge in [-0.15, -0.1) is 0 Å². The molecule has 0 unspecified atom stereocenters. The van der Waals surface area contributed by atoms with Crippen molar-refractivity contribution < 1.29 is 9.47 Å². The molecule has 0 aliphatic carbocycles. The number of nitrogens with zero attached hydrogens (tertiary/aromatic N) is 4. The Bertz CT molecular complexity index is 911. The highest BCUT2D eigenvalue weighted by Crippen LogP contribution is 2.15. The van der Waals surface area contributed by atoms with Crippen LogP contribution < -0.4 is 20.7 Å². The van der Waals surface area contributed by atoms with Gasteiger partial charge in [0.2, 0.25) is 11.9 Å². The largest absolute Gasteiger partial charge is 0.494 e. The van der Waals surface area contributed by atoms with E-state index in [1.54, 1.807) is 0 Å². The first-order valence-corrected chi connectivity index (χ1v) is 11.7. The Balaban J connectivity index is 1.61. The average molecular weight is 472 g/mol. The minimum absolute atomic E-state index is 0.419. The monoisotopic (exact) mass is 471 g/mol. The predicted octanol–water partition coefficient (Wildman–Crippen LogP) is 2.97. The molecule has 3 N–H and O–H groups in total. The number of nitrogens with one attached hydrogen (secondary N) is 3. The summed E-state index contributed by atoms with van der Waals surface area (Å²) in [5.41, 5.74) is 2.61. The molecule has 0 atom stereocenters. The summed E-state index contributed by atoms with van der Waals surface area (Å²) in [5.74, 6) is 1.80. The van der Waals surface area contributed by atoms with Gasteiger partial charge in [-0.25, -0.2) is 9.97 Å². The lowest BCUT2D eigenvalue weighted by atomic mass is 10.3. The molecule has 9 nitrogen and oxygen atoms in total. The molecule has 0 amide bonds. The molecule has 2 aromatic rings. The van der Waals surface area contributed by atoms with Crippen LogP contribution in [-0.2, 0) is 4.74 Å². The highest BCUT2D eigenvalue weighted by atomic mass is 32.1. The first kappa shape index (κ1) is 24.8. The fourth-order valence-corrected chi connectivity index (χ4v) is 3.59. The van der Waals surface area contributed by atoms with E-state index >= 15 is 0 Å². The zero-order valence-electron chi connectivity index (χ0n) is 19.6. The number of benzene rings is 1. The van der Waals surface area contributed by atoms with E-state index in [2.05, 4.69) is 30.8 Å². The van der Waals surface area contributed by atoms with Crippen molar-refractivity contribution in [3.8, 4) is 5.75 Å². The van der Waals surface area contributed by atoms with E-state index in [1.807, 2.05) is 51.1 Å². The molecule has 0 radical (unpaired) electrons. The number of thiocarbonyl (C=S) groups is 1. The summed E-state index contributed by atoms with van der Waals surface area (Å²) in [7, 11) is 0. The number of ether oxygens (including phenoxy) is 2. The van der Waals surface area contributed by atoms with Gasteiger partial charge in [0.1, 0.15) is 5.75 Å². The highest BCUT2D eigenvalue weighted by molar-refractivity contribution is 7.80. The van der Waals surface area contributed by atoms with Gasteiger partial charge in [-0.3, -0.25) is 15.2 Å². The molecule has 0 saturated carbocycles. The molecule has 1 saturated heterocycles. The lowest BCUT2D eigenvalue weighted by molar-refractivity contribution is 0.0377. The lowest BCUT2D eigenvalue weighted by Crippen LogP contribution is -2.39. The van der Waals surface area contributed by atoms with Crippen LogP contribution in [0, 0.1) is 13.8 Å². The maximum atomic E-state index is 5.51. The highest BCUT2D eigenvalue weighted by Gasteiger charge is 2.10. The van der Waals surface area contributed by atoms with Gasteiger partial charge >= 0.3 is 0 Å². The van der Waals surface area contributed by atoms with Crippen molar-refractivity contribution in [1.82, 2.24) is 20.2 Å². The number of aliphatic imine (C=N–C) groups is 1. The van der Waals surface area contributed by atoms with E-state index in [0.29, 0.717) is 30.2 Å². The fraction of sp³-hybridized carbons (Fsp3) is 0.478. The molecule has 3 rings (SSSR count). The Morgan fingerprint density at radius 1 is 1.12 bits per heavy atom. The molecule has 1 fully saturated rings. The quantitative estimate of drug-likeness (QED) is 0.232. The summed E-state index contributed by atoms with van der Waals surface area (Å²) in [6.07, 6.45) is 0.930. The van der Waals surface area contributed by atoms with Gasteiger partial charge in [0, 0.05) is 43.3 Å². The van der Waals surface area contributed by atoms with Crippen LogP contribution in [0.1, 0.15) is 24.7 Å². The van der Waals surface area contributed by atoms with Crippen molar-refractivity contribution in [1.29, 1.82) is 0 Å². The third-order valence-corrected chi connectivity index (χ3v) is 5.08. The Kier molecular flexibility index (Phi) is 9.79. The number of guanidine groups is 1. The van der Waals surface area contributed by atoms with Crippen molar-refractivity contribution in [2.24, 2.45) is 4.99 Å². The summed E-state index contributed by atoms with van der Waals surface area (Å²) in [5, 5.41) is 9.92. The van der Waals surface area contributed by atoms with E-state index < -0.39 is 0 Å². The van der Waals surface area contributed by atoms with E-state index in [0.717, 1.165) is 62.1 Å². The molecule has 0 bridgehead atoms. The summed E-state index contributed by atoms with van der Waals surface area (Å²) in [4.78, 5) is 16.0. The molecule has 0 spiro atoms. The maximum Gasteiger partial charge on any atom is 0.229 e. The third-order valence-electron chi connectivity index (χ3n) is 4.87. The Labute approximate surface area is 201 Å². The van der Waals surface area contributed by atoms with E-state index in [9.17, 15) is 0 Å². The smallest absolute Gasteiger partial charge is 0.229 e. The van der Waals surface area contributed by atoms with Crippen LogP contribution in [-0.4, -0.2) is 71.9 Å². The number of aromatic nitrogens is 2. The first-order valence-electron chi connectivity index (χ1n) is 11.3. The minimum Gasteiger partial charge on any atom is -0.494 e. The van der Waals surface area contributed by atoms with Crippen LogP contribution in [0.25, 0.3) is 0 Å². The Hall–Kier alpha value is -2.82. The summed E-state index contributed by atoms with van der Waals surface area (Å²) in [6, 6.07) is 9.56. The Morgan fingerprint density at radius 3 is 2.48 bits per heavy atom. The van der Waals surface area contributed by atoms with Gasteiger partial charge in [0.25, 0.3) is 0 Å². The number of hydrogen-bond acceptors (Lipinski definition) is 7. The van der Waals surface area contributed by atoms with E-state index in [-0.39, 0.29) is 0 Å². The van der Waals surface area contributed by atoms with Crippen LogP contribution in [0.2, 0.25) is 0 Å². The van der Waals surface area contributed by atoms with Crippen LogP contribution in [0.5, 0.6) is 5.75 Å². The molecule has 1 aromatic carbocycles. The fourth-order valence-electron chi connectivity index (χ4n) is 3.38. The molecule has 1 aliphatic heterocycles. The average Bonchev–Trinajstić information content (AvgIpc) is 2.78. The summed E-state index contributed by atoms with van der Waals surface area (Å²) in [6.45, 7) is 11.6. The van der Waals surface area contributed by atoms with Crippen LogP contribution in [0.15, 0.2) is 35.3 Å².